The summed E-state index contributed by atoms with van der Waals surface area (Å²) in [7, 11) is 1.22. The first kappa shape index (κ1) is 18.0. The van der Waals surface area contributed by atoms with Gasteiger partial charge in [0.25, 0.3) is 0 Å². The second-order valence-corrected chi connectivity index (χ2v) is 5.13. The van der Waals surface area contributed by atoms with Crippen LogP contribution in [0.15, 0.2) is 60.7 Å². The van der Waals surface area contributed by atoms with E-state index in [-0.39, 0.29) is 6.54 Å². The van der Waals surface area contributed by atoms with E-state index in [9.17, 15) is 14.4 Å². The average molecular weight is 341 g/mol. The van der Waals surface area contributed by atoms with Gasteiger partial charge in [-0.3, -0.25) is 15.0 Å². The van der Waals surface area contributed by atoms with Gasteiger partial charge in [-0.05, 0) is 11.1 Å². The van der Waals surface area contributed by atoms with Crippen LogP contribution < -0.4 is 16.2 Å². The normalized spacial score (nSPS) is 10.0. The number of benzene rings is 2. The summed E-state index contributed by atoms with van der Waals surface area (Å²) >= 11 is 0. The van der Waals surface area contributed by atoms with Crippen LogP contribution in [-0.4, -0.2) is 31.6 Å². The molecule has 3 N–H and O–H groups in total. The molecule has 2 aromatic carbocycles. The predicted molar refractivity (Wildman–Crippen MR) is 91.4 cm³/mol. The molecule has 3 amide bonds. The minimum absolute atomic E-state index is 0.293. The third kappa shape index (κ3) is 5.35. The molecule has 25 heavy (non-hydrogen) atoms. The number of ether oxygens (including phenoxy) is 1. The van der Waals surface area contributed by atoms with Gasteiger partial charge in [0, 0.05) is 0 Å². The van der Waals surface area contributed by atoms with Crippen LogP contribution in [-0.2, 0) is 14.3 Å². The van der Waals surface area contributed by atoms with E-state index in [1.807, 2.05) is 60.7 Å². The molecule has 0 aliphatic carbocycles. The Morgan fingerprint density at radius 3 is 1.88 bits per heavy atom. The monoisotopic (exact) mass is 341 g/mol. The summed E-state index contributed by atoms with van der Waals surface area (Å²) in [6, 6.07) is 17.8. The summed E-state index contributed by atoms with van der Waals surface area (Å²) < 4.78 is 4.41. The molecule has 0 aliphatic heterocycles. The summed E-state index contributed by atoms with van der Waals surface area (Å²) in [4.78, 5) is 35.2. The van der Waals surface area contributed by atoms with E-state index in [1.54, 1.807) is 0 Å². The minimum Gasteiger partial charge on any atom is -0.468 e. The van der Waals surface area contributed by atoms with Crippen molar-refractivity contribution >= 4 is 17.9 Å². The molecule has 2 rings (SSSR count). The lowest BCUT2D eigenvalue weighted by Gasteiger charge is -2.18. The zero-order valence-electron chi connectivity index (χ0n) is 13.7. The lowest BCUT2D eigenvalue weighted by molar-refractivity contribution is -0.139. The van der Waals surface area contributed by atoms with Crippen molar-refractivity contribution in [1.82, 2.24) is 16.2 Å². The van der Waals surface area contributed by atoms with Crippen molar-refractivity contribution < 1.29 is 19.1 Å². The van der Waals surface area contributed by atoms with Crippen molar-refractivity contribution in [3.8, 4) is 0 Å². The molecule has 0 aliphatic rings. The molecule has 0 saturated carbocycles. The second kappa shape index (κ2) is 9.07. The van der Waals surface area contributed by atoms with Crippen LogP contribution in [0.3, 0.4) is 0 Å². The molecule has 0 atom stereocenters. The van der Waals surface area contributed by atoms with E-state index >= 15 is 0 Å². The van der Waals surface area contributed by atoms with Gasteiger partial charge in [-0.1, -0.05) is 60.7 Å². The molecule has 0 bridgehead atoms. The lowest BCUT2D eigenvalue weighted by Crippen LogP contribution is -2.49. The van der Waals surface area contributed by atoms with Gasteiger partial charge in [0.1, 0.15) is 6.54 Å². The SMILES string of the molecule is COC(=O)CNC(=O)NNC(=O)C(c1ccccc1)c1ccccc1. The number of nitrogens with one attached hydrogen (secondary N) is 3. The van der Waals surface area contributed by atoms with E-state index in [0.29, 0.717) is 0 Å². The van der Waals surface area contributed by atoms with Crippen LogP contribution in [0.4, 0.5) is 4.79 Å². The number of urea groups is 1. The first-order valence-electron chi connectivity index (χ1n) is 7.62. The third-order valence-corrected chi connectivity index (χ3v) is 3.45. The van der Waals surface area contributed by atoms with Crippen LogP contribution in [0.25, 0.3) is 0 Å². The third-order valence-electron chi connectivity index (χ3n) is 3.45. The van der Waals surface area contributed by atoms with Gasteiger partial charge >= 0.3 is 12.0 Å². The molecule has 0 heterocycles. The Balaban J connectivity index is 2.04. The fraction of sp³-hybridized carbons (Fsp3) is 0.167. The van der Waals surface area contributed by atoms with Gasteiger partial charge in [0.05, 0.1) is 13.0 Å². The van der Waals surface area contributed by atoms with Crippen molar-refractivity contribution in [3.63, 3.8) is 0 Å². The van der Waals surface area contributed by atoms with Crippen LogP contribution in [0.2, 0.25) is 0 Å². The Hall–Kier alpha value is -3.35. The van der Waals surface area contributed by atoms with Crippen molar-refractivity contribution in [2.45, 2.75) is 5.92 Å². The largest absolute Gasteiger partial charge is 0.468 e. The van der Waals surface area contributed by atoms with Crippen LogP contribution in [0.5, 0.6) is 0 Å². The quantitative estimate of drug-likeness (QED) is 0.564. The molecule has 0 radical (unpaired) electrons. The van der Waals surface area contributed by atoms with Crippen molar-refractivity contribution in [3.05, 3.63) is 71.8 Å². The molecule has 130 valence electrons. The molecule has 7 heteroatoms. The summed E-state index contributed by atoms with van der Waals surface area (Å²) in [6.07, 6.45) is 0. The number of methoxy groups -OCH3 is 1. The Labute approximate surface area is 145 Å². The molecular formula is C18H19N3O4. The topological polar surface area (TPSA) is 96.5 Å². The Bertz CT molecular complexity index is 680. The van der Waals surface area contributed by atoms with E-state index < -0.39 is 23.8 Å². The summed E-state index contributed by atoms with van der Waals surface area (Å²) in [5.41, 5.74) is 6.18. The molecule has 0 unspecified atom stereocenters. The maximum Gasteiger partial charge on any atom is 0.333 e. The molecular weight excluding hydrogens is 322 g/mol. The zero-order valence-corrected chi connectivity index (χ0v) is 13.7. The summed E-state index contributed by atoms with van der Waals surface area (Å²) in [5.74, 6) is -1.57. The van der Waals surface area contributed by atoms with E-state index in [0.717, 1.165) is 11.1 Å². The maximum absolute atomic E-state index is 12.6. The lowest BCUT2D eigenvalue weighted by atomic mass is 9.91. The second-order valence-electron chi connectivity index (χ2n) is 5.13. The van der Waals surface area contributed by atoms with Gasteiger partial charge in [-0.15, -0.1) is 0 Å². The number of hydrogen-bond acceptors (Lipinski definition) is 4. The fourth-order valence-electron chi connectivity index (χ4n) is 2.25. The number of rotatable bonds is 5. The molecule has 0 spiro atoms. The van der Waals surface area contributed by atoms with Gasteiger partial charge in [0.2, 0.25) is 5.91 Å². The number of carbonyl (C=O) groups is 3. The maximum atomic E-state index is 12.6. The molecule has 0 aromatic heterocycles. The number of amides is 3. The van der Waals surface area contributed by atoms with Gasteiger partial charge in [0.15, 0.2) is 0 Å². The molecule has 7 nitrogen and oxygen atoms in total. The predicted octanol–water partition coefficient (Wildman–Crippen LogP) is 1.32. The summed E-state index contributed by atoms with van der Waals surface area (Å²) in [6.45, 7) is -0.293. The van der Waals surface area contributed by atoms with E-state index in [4.69, 9.17) is 0 Å². The highest BCUT2D eigenvalue weighted by atomic mass is 16.5. The highest BCUT2D eigenvalue weighted by Gasteiger charge is 2.22. The van der Waals surface area contributed by atoms with Gasteiger partial charge in [-0.25, -0.2) is 10.2 Å². The number of carbonyl (C=O) groups excluding carboxylic acids is 3. The highest BCUT2D eigenvalue weighted by Crippen LogP contribution is 2.24. The number of hydrazine groups is 1. The van der Waals surface area contributed by atoms with Crippen LogP contribution in [0, 0.1) is 0 Å². The summed E-state index contributed by atoms with van der Waals surface area (Å²) in [5, 5.41) is 2.27. The highest BCUT2D eigenvalue weighted by molar-refractivity contribution is 5.89. The number of hydrogen-bond donors (Lipinski definition) is 3. The first-order valence-corrected chi connectivity index (χ1v) is 7.62. The van der Waals surface area contributed by atoms with Crippen molar-refractivity contribution in [2.24, 2.45) is 0 Å². The van der Waals surface area contributed by atoms with Crippen LogP contribution in [0.1, 0.15) is 17.0 Å². The molecule has 2 aromatic rings. The van der Waals surface area contributed by atoms with E-state index in [2.05, 4.69) is 20.9 Å². The molecule has 0 saturated heterocycles. The first-order chi connectivity index (χ1) is 12.1. The van der Waals surface area contributed by atoms with Gasteiger partial charge < -0.3 is 10.1 Å². The molecule has 0 fully saturated rings. The van der Waals surface area contributed by atoms with Crippen molar-refractivity contribution in [1.29, 1.82) is 0 Å². The zero-order chi connectivity index (χ0) is 18.1. The number of esters is 1. The Morgan fingerprint density at radius 2 is 1.40 bits per heavy atom. The van der Waals surface area contributed by atoms with E-state index in [1.165, 1.54) is 7.11 Å². The van der Waals surface area contributed by atoms with Gasteiger partial charge in [-0.2, -0.15) is 0 Å². The standard InChI is InChI=1S/C18H19N3O4/c1-25-15(22)12-19-18(24)21-20-17(23)16(13-8-4-2-5-9-13)14-10-6-3-7-11-14/h2-11,16H,12H2,1H3,(H,20,23)(H2,19,21,24). The Morgan fingerprint density at radius 1 is 0.880 bits per heavy atom. The minimum atomic E-state index is -0.710. The average Bonchev–Trinajstić information content (AvgIpc) is 2.66. The smallest absolute Gasteiger partial charge is 0.333 e. The van der Waals surface area contributed by atoms with Crippen molar-refractivity contribution in [2.75, 3.05) is 13.7 Å². The Kier molecular flexibility index (Phi) is 6.53. The fourth-order valence-corrected chi connectivity index (χ4v) is 2.25. The van der Waals surface area contributed by atoms with Crippen LogP contribution >= 0.6 is 0 Å².